The first-order valence-corrected chi connectivity index (χ1v) is 15.5. The minimum Gasteiger partial charge on any atom is -0.467 e. The van der Waals surface area contributed by atoms with Gasteiger partial charge < -0.3 is 30.2 Å². The number of unbranched alkanes of at least 4 members (excludes halogenated alkanes) is 3. The first kappa shape index (κ1) is 34.4. The summed E-state index contributed by atoms with van der Waals surface area (Å²) in [6.45, 7) is 7.86. The van der Waals surface area contributed by atoms with Crippen molar-refractivity contribution in [2.24, 2.45) is 0 Å². The maximum atomic E-state index is 13.4. The molecule has 44 heavy (non-hydrogen) atoms. The molecule has 0 aliphatic heterocycles. The van der Waals surface area contributed by atoms with E-state index in [1.54, 1.807) is 20.8 Å². The van der Waals surface area contributed by atoms with Crippen molar-refractivity contribution >= 4 is 24.1 Å². The van der Waals surface area contributed by atoms with Gasteiger partial charge in [-0.1, -0.05) is 74.7 Å². The summed E-state index contributed by atoms with van der Waals surface area (Å²) >= 11 is 0. The van der Waals surface area contributed by atoms with Crippen LogP contribution in [0, 0.1) is 0 Å². The summed E-state index contributed by atoms with van der Waals surface area (Å²) < 4.78 is 15.8. The van der Waals surface area contributed by atoms with Gasteiger partial charge in [-0.25, -0.2) is 14.4 Å². The minimum absolute atomic E-state index is 0.107. The highest BCUT2D eigenvalue weighted by Gasteiger charge is 2.31. The molecule has 10 heteroatoms. The van der Waals surface area contributed by atoms with Crippen LogP contribution < -0.4 is 16.0 Å². The van der Waals surface area contributed by atoms with Crippen molar-refractivity contribution in [3.63, 3.8) is 0 Å². The standard InChI is InChI=1S/C34H47N3O7/c1-6-7-8-20-29(31(39)42-5)36-30(38)28(19-13-14-21-35-32(40)44-34(2,3)4)37-33(41)43-22-27-25-17-11-9-15-23(25)24-16-10-12-18-26(24)27/h9-12,15-18,27-29H,6-8,13-14,19-22H2,1-5H3,(H,35,40)(H,36,38)(H,37,41)/t28-,29?/m0/s1. The van der Waals surface area contributed by atoms with Gasteiger partial charge in [-0.2, -0.15) is 0 Å². The summed E-state index contributed by atoms with van der Waals surface area (Å²) in [5.74, 6) is -1.15. The first-order valence-electron chi connectivity index (χ1n) is 15.5. The van der Waals surface area contributed by atoms with Crippen LogP contribution in [-0.2, 0) is 23.8 Å². The third-order valence-corrected chi connectivity index (χ3v) is 7.44. The van der Waals surface area contributed by atoms with E-state index in [2.05, 4.69) is 35.0 Å². The van der Waals surface area contributed by atoms with Gasteiger partial charge >= 0.3 is 18.2 Å². The molecule has 0 bridgehead atoms. The van der Waals surface area contributed by atoms with Crippen molar-refractivity contribution in [2.45, 2.75) is 96.2 Å². The van der Waals surface area contributed by atoms with Gasteiger partial charge in [0.05, 0.1) is 7.11 Å². The highest BCUT2D eigenvalue weighted by Crippen LogP contribution is 2.44. The van der Waals surface area contributed by atoms with Crippen molar-refractivity contribution in [1.82, 2.24) is 16.0 Å². The lowest BCUT2D eigenvalue weighted by Crippen LogP contribution is -2.52. The zero-order valence-corrected chi connectivity index (χ0v) is 26.6. The van der Waals surface area contributed by atoms with E-state index < -0.39 is 41.7 Å². The average molecular weight is 610 g/mol. The van der Waals surface area contributed by atoms with E-state index in [0.29, 0.717) is 25.8 Å². The van der Waals surface area contributed by atoms with Crippen LogP contribution >= 0.6 is 0 Å². The van der Waals surface area contributed by atoms with Gasteiger partial charge in [0.1, 0.15) is 24.3 Å². The summed E-state index contributed by atoms with van der Waals surface area (Å²) in [5.41, 5.74) is 3.80. The highest BCUT2D eigenvalue weighted by molar-refractivity contribution is 5.89. The number of benzene rings is 2. The predicted molar refractivity (Wildman–Crippen MR) is 168 cm³/mol. The fraction of sp³-hybridized carbons (Fsp3) is 0.529. The van der Waals surface area contributed by atoms with E-state index >= 15 is 0 Å². The second-order valence-corrected chi connectivity index (χ2v) is 12.0. The number of methoxy groups -OCH3 is 1. The molecular formula is C34H47N3O7. The lowest BCUT2D eigenvalue weighted by atomic mass is 9.98. The monoisotopic (exact) mass is 609 g/mol. The van der Waals surface area contributed by atoms with Gasteiger partial charge in [0.15, 0.2) is 0 Å². The number of rotatable bonds is 15. The second kappa shape index (κ2) is 16.7. The number of alkyl carbamates (subject to hydrolysis) is 2. The Kier molecular flexibility index (Phi) is 13.0. The summed E-state index contributed by atoms with van der Waals surface area (Å²) in [5, 5.41) is 8.18. The second-order valence-electron chi connectivity index (χ2n) is 12.0. The number of amides is 3. The van der Waals surface area contributed by atoms with Gasteiger partial charge in [-0.05, 0) is 68.7 Å². The van der Waals surface area contributed by atoms with Crippen molar-refractivity contribution in [2.75, 3.05) is 20.3 Å². The molecule has 1 aliphatic rings. The van der Waals surface area contributed by atoms with Crippen molar-refractivity contribution in [3.8, 4) is 11.1 Å². The van der Waals surface area contributed by atoms with Crippen LogP contribution in [0.3, 0.4) is 0 Å². The van der Waals surface area contributed by atoms with E-state index in [0.717, 1.165) is 41.5 Å². The maximum Gasteiger partial charge on any atom is 0.407 e. The molecule has 0 saturated carbocycles. The third-order valence-electron chi connectivity index (χ3n) is 7.44. The molecule has 0 fully saturated rings. The summed E-state index contributed by atoms with van der Waals surface area (Å²) in [4.78, 5) is 50.8. The van der Waals surface area contributed by atoms with E-state index in [-0.39, 0.29) is 18.9 Å². The maximum absolute atomic E-state index is 13.4. The normalized spacial score (nSPS) is 13.6. The summed E-state index contributed by atoms with van der Waals surface area (Å²) in [6.07, 6.45) is 3.15. The molecule has 3 N–H and O–H groups in total. The van der Waals surface area contributed by atoms with Gasteiger partial charge in [-0.15, -0.1) is 0 Å². The Morgan fingerprint density at radius 3 is 1.98 bits per heavy atom. The average Bonchev–Trinajstić information content (AvgIpc) is 3.31. The largest absolute Gasteiger partial charge is 0.467 e. The quantitative estimate of drug-likeness (QED) is 0.132. The molecule has 1 aliphatic carbocycles. The number of esters is 1. The van der Waals surface area contributed by atoms with E-state index in [9.17, 15) is 19.2 Å². The fourth-order valence-corrected chi connectivity index (χ4v) is 5.29. The number of hydrogen-bond acceptors (Lipinski definition) is 7. The first-order chi connectivity index (χ1) is 21.0. The van der Waals surface area contributed by atoms with Crippen LogP contribution in [0.1, 0.15) is 89.7 Å². The van der Waals surface area contributed by atoms with Gasteiger partial charge in [-0.3, -0.25) is 4.79 Å². The fourth-order valence-electron chi connectivity index (χ4n) is 5.29. The van der Waals surface area contributed by atoms with Gasteiger partial charge in [0.25, 0.3) is 0 Å². The molecular weight excluding hydrogens is 562 g/mol. The summed E-state index contributed by atoms with van der Waals surface area (Å²) in [6, 6.07) is 14.3. The molecule has 0 heterocycles. The third kappa shape index (κ3) is 10.3. The Balaban J connectivity index is 1.63. The number of fused-ring (bicyclic) bond motifs is 3. The van der Waals surface area contributed by atoms with Crippen molar-refractivity contribution < 1.29 is 33.4 Å². The zero-order valence-electron chi connectivity index (χ0n) is 26.6. The molecule has 2 aromatic rings. The Morgan fingerprint density at radius 1 is 0.795 bits per heavy atom. The van der Waals surface area contributed by atoms with Crippen molar-refractivity contribution in [1.29, 1.82) is 0 Å². The molecule has 240 valence electrons. The van der Waals surface area contributed by atoms with Crippen LogP contribution in [0.25, 0.3) is 11.1 Å². The van der Waals surface area contributed by atoms with E-state index in [1.165, 1.54) is 7.11 Å². The molecule has 0 spiro atoms. The van der Waals surface area contributed by atoms with E-state index in [1.807, 2.05) is 36.4 Å². The molecule has 2 atom stereocenters. The number of carbonyl (C=O) groups excluding carboxylic acids is 4. The number of carbonyl (C=O) groups is 4. The van der Waals surface area contributed by atoms with Crippen molar-refractivity contribution in [3.05, 3.63) is 59.7 Å². The zero-order chi connectivity index (χ0) is 32.1. The van der Waals surface area contributed by atoms with Crippen LogP contribution in [0.15, 0.2) is 48.5 Å². The SMILES string of the molecule is CCCCCC(NC(=O)[C@H](CCCCNC(=O)OC(C)(C)C)NC(=O)OCC1c2ccccc2-c2ccccc21)C(=O)OC. The Bertz CT molecular complexity index is 1230. The molecule has 3 rings (SSSR count). The predicted octanol–water partition coefficient (Wildman–Crippen LogP) is 5.83. The Morgan fingerprint density at radius 2 is 1.39 bits per heavy atom. The minimum atomic E-state index is -0.953. The summed E-state index contributed by atoms with van der Waals surface area (Å²) in [7, 11) is 1.28. The van der Waals surface area contributed by atoms with E-state index in [4.69, 9.17) is 14.2 Å². The smallest absolute Gasteiger partial charge is 0.407 e. The molecule has 0 radical (unpaired) electrons. The number of ether oxygens (including phenoxy) is 3. The topological polar surface area (TPSA) is 132 Å². The molecule has 3 amide bonds. The molecule has 0 saturated heterocycles. The Hall–Kier alpha value is -4.08. The molecule has 1 unspecified atom stereocenters. The number of hydrogen-bond donors (Lipinski definition) is 3. The van der Waals surface area contributed by atoms with Crippen LogP contribution in [-0.4, -0.2) is 62.0 Å². The highest BCUT2D eigenvalue weighted by atomic mass is 16.6. The lowest BCUT2D eigenvalue weighted by molar-refractivity contribution is -0.145. The van der Waals surface area contributed by atoms with Gasteiger partial charge in [0.2, 0.25) is 5.91 Å². The van der Waals surface area contributed by atoms with Gasteiger partial charge in [0, 0.05) is 12.5 Å². The van der Waals surface area contributed by atoms with Crippen LogP contribution in [0.2, 0.25) is 0 Å². The molecule has 2 aromatic carbocycles. The molecule has 0 aromatic heterocycles. The van der Waals surface area contributed by atoms with Crippen LogP contribution in [0.5, 0.6) is 0 Å². The van der Waals surface area contributed by atoms with Crippen LogP contribution in [0.4, 0.5) is 9.59 Å². The Labute approximate surface area is 260 Å². The lowest BCUT2D eigenvalue weighted by Gasteiger charge is -2.23. The molecule has 10 nitrogen and oxygen atoms in total. The number of nitrogens with one attached hydrogen (secondary N) is 3.